The molecule has 0 bridgehead atoms. The fourth-order valence-electron chi connectivity index (χ4n) is 2.43. The molecule has 0 spiro atoms. The van der Waals surface area contributed by atoms with E-state index in [9.17, 15) is 9.59 Å². The summed E-state index contributed by atoms with van der Waals surface area (Å²) in [5.41, 5.74) is 1.47. The SMILES string of the molecule is O=C(O)[C@@H]1CN(C(=O)c2cccc3[nH]ccc23)CCO1. The maximum absolute atomic E-state index is 12.5. The third-order valence-electron chi connectivity index (χ3n) is 3.45. The van der Waals surface area contributed by atoms with Crippen molar-refractivity contribution >= 4 is 22.8 Å². The van der Waals surface area contributed by atoms with Gasteiger partial charge < -0.3 is 19.7 Å². The summed E-state index contributed by atoms with van der Waals surface area (Å²) in [6.45, 7) is 0.726. The monoisotopic (exact) mass is 274 g/mol. The number of hydrogen-bond donors (Lipinski definition) is 2. The van der Waals surface area contributed by atoms with Crippen LogP contribution in [-0.2, 0) is 9.53 Å². The van der Waals surface area contributed by atoms with Gasteiger partial charge >= 0.3 is 5.97 Å². The number of ether oxygens (including phenoxy) is 1. The van der Waals surface area contributed by atoms with Crippen LogP contribution in [0.1, 0.15) is 10.4 Å². The normalized spacial score (nSPS) is 19.2. The molecule has 1 amide bonds. The first-order valence-corrected chi connectivity index (χ1v) is 6.36. The predicted octanol–water partition coefficient (Wildman–Crippen LogP) is 1.09. The number of carbonyl (C=O) groups is 2. The number of carbonyl (C=O) groups excluding carboxylic acids is 1. The lowest BCUT2D eigenvalue weighted by atomic mass is 10.1. The maximum Gasteiger partial charge on any atom is 0.334 e. The van der Waals surface area contributed by atoms with Crippen molar-refractivity contribution in [1.29, 1.82) is 0 Å². The van der Waals surface area contributed by atoms with Crippen molar-refractivity contribution in [3.8, 4) is 0 Å². The van der Waals surface area contributed by atoms with Crippen molar-refractivity contribution in [3.05, 3.63) is 36.0 Å². The van der Waals surface area contributed by atoms with E-state index in [1.807, 2.05) is 12.1 Å². The van der Waals surface area contributed by atoms with Crippen LogP contribution >= 0.6 is 0 Å². The van der Waals surface area contributed by atoms with E-state index < -0.39 is 12.1 Å². The molecule has 3 rings (SSSR count). The van der Waals surface area contributed by atoms with Crippen molar-refractivity contribution in [2.24, 2.45) is 0 Å². The molecule has 6 nitrogen and oxygen atoms in total. The van der Waals surface area contributed by atoms with Gasteiger partial charge in [-0.05, 0) is 18.2 Å². The molecule has 1 aromatic heterocycles. The minimum atomic E-state index is -1.04. The minimum absolute atomic E-state index is 0.0784. The second kappa shape index (κ2) is 4.97. The van der Waals surface area contributed by atoms with E-state index in [0.717, 1.165) is 10.9 Å². The molecule has 6 heteroatoms. The van der Waals surface area contributed by atoms with Crippen LogP contribution in [0.2, 0.25) is 0 Å². The summed E-state index contributed by atoms with van der Waals surface area (Å²) in [7, 11) is 0. The Balaban J connectivity index is 1.88. The highest BCUT2D eigenvalue weighted by molar-refractivity contribution is 6.06. The molecule has 1 saturated heterocycles. The Morgan fingerprint density at radius 2 is 2.20 bits per heavy atom. The second-order valence-electron chi connectivity index (χ2n) is 4.69. The molecule has 0 radical (unpaired) electrons. The molecule has 1 aliphatic heterocycles. The van der Waals surface area contributed by atoms with E-state index in [0.29, 0.717) is 12.1 Å². The van der Waals surface area contributed by atoms with E-state index in [4.69, 9.17) is 9.84 Å². The molecule has 1 aromatic carbocycles. The summed E-state index contributed by atoms with van der Waals surface area (Å²) < 4.78 is 5.13. The van der Waals surface area contributed by atoms with Crippen LogP contribution < -0.4 is 0 Å². The van der Waals surface area contributed by atoms with Crippen LogP contribution in [0.5, 0.6) is 0 Å². The largest absolute Gasteiger partial charge is 0.479 e. The van der Waals surface area contributed by atoms with Gasteiger partial charge in [0.05, 0.1) is 13.2 Å². The first kappa shape index (κ1) is 12.7. The molecule has 0 unspecified atom stereocenters. The maximum atomic E-state index is 12.5. The van der Waals surface area contributed by atoms with Crippen molar-refractivity contribution < 1.29 is 19.4 Å². The topological polar surface area (TPSA) is 82.6 Å². The first-order chi connectivity index (χ1) is 9.66. The van der Waals surface area contributed by atoms with Gasteiger partial charge in [-0.25, -0.2) is 4.79 Å². The van der Waals surface area contributed by atoms with Gasteiger partial charge in [0.1, 0.15) is 0 Å². The van der Waals surface area contributed by atoms with Crippen LogP contribution in [0.25, 0.3) is 10.9 Å². The molecule has 1 fully saturated rings. The number of hydrogen-bond acceptors (Lipinski definition) is 3. The van der Waals surface area contributed by atoms with Crippen molar-refractivity contribution in [3.63, 3.8) is 0 Å². The van der Waals surface area contributed by atoms with Gasteiger partial charge in [0.25, 0.3) is 5.91 Å². The Hall–Kier alpha value is -2.34. The minimum Gasteiger partial charge on any atom is -0.479 e. The van der Waals surface area contributed by atoms with Gasteiger partial charge in [-0.3, -0.25) is 4.79 Å². The number of rotatable bonds is 2. The summed E-state index contributed by atoms with van der Waals surface area (Å²) in [5, 5.41) is 9.82. The van der Waals surface area contributed by atoms with Crippen LogP contribution in [0, 0.1) is 0 Å². The molecule has 1 atom stereocenters. The van der Waals surface area contributed by atoms with Crippen LogP contribution in [-0.4, -0.2) is 52.7 Å². The molecule has 20 heavy (non-hydrogen) atoms. The highest BCUT2D eigenvalue weighted by Crippen LogP contribution is 2.20. The molecule has 104 valence electrons. The number of fused-ring (bicyclic) bond motifs is 1. The van der Waals surface area contributed by atoms with Gasteiger partial charge in [0, 0.05) is 29.2 Å². The number of aromatic amines is 1. The Morgan fingerprint density at radius 1 is 1.35 bits per heavy atom. The second-order valence-corrected chi connectivity index (χ2v) is 4.69. The highest BCUT2D eigenvalue weighted by Gasteiger charge is 2.29. The first-order valence-electron chi connectivity index (χ1n) is 6.36. The molecule has 2 aromatic rings. The zero-order valence-electron chi connectivity index (χ0n) is 10.7. The summed E-state index contributed by atoms with van der Waals surface area (Å²) in [6, 6.07) is 7.30. The van der Waals surface area contributed by atoms with E-state index in [1.165, 1.54) is 4.90 Å². The van der Waals surface area contributed by atoms with E-state index in [1.54, 1.807) is 18.3 Å². The third kappa shape index (κ3) is 2.14. The third-order valence-corrected chi connectivity index (χ3v) is 3.45. The number of morpholine rings is 1. The Morgan fingerprint density at radius 3 is 3.00 bits per heavy atom. The number of amides is 1. The molecule has 2 heterocycles. The lowest BCUT2D eigenvalue weighted by molar-refractivity contribution is -0.154. The van der Waals surface area contributed by atoms with E-state index in [-0.39, 0.29) is 19.1 Å². The summed E-state index contributed by atoms with van der Waals surface area (Å²) in [5.74, 6) is -1.20. The lowest BCUT2D eigenvalue weighted by Gasteiger charge is -2.31. The molecule has 2 N–H and O–H groups in total. The average Bonchev–Trinajstić information content (AvgIpc) is 2.95. The van der Waals surface area contributed by atoms with Crippen LogP contribution in [0.4, 0.5) is 0 Å². The number of nitrogens with one attached hydrogen (secondary N) is 1. The van der Waals surface area contributed by atoms with Crippen LogP contribution in [0.15, 0.2) is 30.5 Å². The fraction of sp³-hybridized carbons (Fsp3) is 0.286. The molecular weight excluding hydrogens is 260 g/mol. The summed E-state index contributed by atoms with van der Waals surface area (Å²) >= 11 is 0. The van der Waals surface area contributed by atoms with Crippen LogP contribution in [0.3, 0.4) is 0 Å². The smallest absolute Gasteiger partial charge is 0.334 e. The summed E-state index contributed by atoms with van der Waals surface area (Å²) in [4.78, 5) is 28.1. The predicted molar refractivity (Wildman–Crippen MR) is 71.6 cm³/mol. The molecule has 0 aliphatic carbocycles. The number of aromatic nitrogens is 1. The highest BCUT2D eigenvalue weighted by atomic mass is 16.5. The van der Waals surface area contributed by atoms with E-state index >= 15 is 0 Å². The van der Waals surface area contributed by atoms with Gasteiger partial charge in [-0.15, -0.1) is 0 Å². The van der Waals surface area contributed by atoms with Crippen molar-refractivity contribution in [2.45, 2.75) is 6.10 Å². The van der Waals surface area contributed by atoms with Gasteiger partial charge in [0.15, 0.2) is 6.10 Å². The fourth-order valence-corrected chi connectivity index (χ4v) is 2.43. The average molecular weight is 274 g/mol. The van der Waals surface area contributed by atoms with Gasteiger partial charge in [0.2, 0.25) is 0 Å². The number of aliphatic carboxylic acids is 1. The Kier molecular flexibility index (Phi) is 3.15. The van der Waals surface area contributed by atoms with Crippen molar-refractivity contribution in [2.75, 3.05) is 19.7 Å². The van der Waals surface area contributed by atoms with Gasteiger partial charge in [-0.1, -0.05) is 6.07 Å². The number of H-pyrrole nitrogens is 1. The molecule has 1 aliphatic rings. The summed E-state index contributed by atoms with van der Waals surface area (Å²) in [6.07, 6.45) is 0.832. The molecule has 0 saturated carbocycles. The zero-order chi connectivity index (χ0) is 14.1. The van der Waals surface area contributed by atoms with E-state index in [2.05, 4.69) is 4.98 Å². The molecular formula is C14H14N2O4. The standard InChI is InChI=1S/C14H14N2O4/c17-13(16-6-7-20-12(8-16)14(18)19)10-2-1-3-11-9(10)4-5-15-11/h1-5,12,15H,6-8H2,(H,18,19)/t12-/m0/s1. The number of carboxylic acid groups (broad SMARTS) is 1. The Labute approximate surface area is 114 Å². The lowest BCUT2D eigenvalue weighted by Crippen LogP contribution is -2.48. The number of nitrogens with zero attached hydrogens (tertiary/aromatic N) is 1. The van der Waals surface area contributed by atoms with Gasteiger partial charge in [-0.2, -0.15) is 0 Å². The number of carboxylic acids is 1. The Bertz CT molecular complexity index is 664. The zero-order valence-corrected chi connectivity index (χ0v) is 10.7. The van der Waals surface area contributed by atoms with Crippen molar-refractivity contribution in [1.82, 2.24) is 9.88 Å². The number of benzene rings is 1. The quantitative estimate of drug-likeness (QED) is 0.859.